The van der Waals surface area contributed by atoms with E-state index >= 15 is 0 Å². The first-order valence-electron chi connectivity index (χ1n) is 7.26. The predicted octanol–water partition coefficient (Wildman–Crippen LogP) is 2.94. The summed E-state index contributed by atoms with van der Waals surface area (Å²) in [6.45, 7) is 0. The molecular formula is C17H19N3O2S. The van der Waals surface area contributed by atoms with Gasteiger partial charge in [-0.25, -0.2) is 9.19 Å². The molecule has 6 heteroatoms. The summed E-state index contributed by atoms with van der Waals surface area (Å²) in [5, 5.41) is 0.165. The van der Waals surface area contributed by atoms with Crippen LogP contribution in [0.4, 0.5) is 0 Å². The molecular weight excluding hydrogens is 310 g/mol. The van der Waals surface area contributed by atoms with E-state index in [1.807, 2.05) is 67.5 Å². The Morgan fingerprint density at radius 1 is 1.17 bits per heavy atom. The Balaban J connectivity index is 2.01. The second kappa shape index (κ2) is 6.52. The number of rotatable bonds is 5. The van der Waals surface area contributed by atoms with Crippen LogP contribution < -0.4 is 4.74 Å². The minimum absolute atomic E-state index is 0.314. The van der Waals surface area contributed by atoms with E-state index in [1.165, 1.54) is 0 Å². The van der Waals surface area contributed by atoms with Gasteiger partial charge in [-0.3, -0.25) is 4.90 Å². The molecule has 3 rings (SSSR count). The molecule has 2 unspecified atom stereocenters. The van der Waals surface area contributed by atoms with Crippen LogP contribution in [0.5, 0.6) is 5.75 Å². The van der Waals surface area contributed by atoms with Gasteiger partial charge in [0.25, 0.3) is 0 Å². The van der Waals surface area contributed by atoms with Crippen molar-refractivity contribution in [1.29, 1.82) is 0 Å². The fraction of sp³-hybridized carbons (Fsp3) is 0.235. The van der Waals surface area contributed by atoms with Crippen LogP contribution >= 0.6 is 0 Å². The smallest absolute Gasteiger partial charge is 0.199 e. The van der Waals surface area contributed by atoms with E-state index < -0.39 is 10.8 Å². The molecule has 0 radical (unpaired) electrons. The van der Waals surface area contributed by atoms with Gasteiger partial charge in [-0.2, -0.15) is 0 Å². The first-order valence-corrected chi connectivity index (χ1v) is 8.47. The van der Waals surface area contributed by atoms with Crippen molar-refractivity contribution in [2.45, 2.75) is 10.5 Å². The topological polar surface area (TPSA) is 58.2 Å². The van der Waals surface area contributed by atoms with E-state index in [0.717, 1.165) is 22.3 Å². The lowest BCUT2D eigenvalue weighted by Gasteiger charge is -2.23. The van der Waals surface area contributed by atoms with Gasteiger partial charge in [0.2, 0.25) is 0 Å². The van der Waals surface area contributed by atoms with Gasteiger partial charge in [-0.1, -0.05) is 24.3 Å². The summed E-state index contributed by atoms with van der Waals surface area (Å²) in [5.41, 5.74) is 2.63. The summed E-state index contributed by atoms with van der Waals surface area (Å²) in [5.74, 6) is 0.746. The summed E-state index contributed by atoms with van der Waals surface area (Å²) in [6, 6.07) is 15.3. The number of aromatic amines is 1. The van der Waals surface area contributed by atoms with Gasteiger partial charge in [0.1, 0.15) is 21.9 Å². The molecule has 2 aromatic carbocycles. The Labute approximate surface area is 137 Å². The van der Waals surface area contributed by atoms with Gasteiger partial charge in [0, 0.05) is 0 Å². The number of imidazole rings is 1. The van der Waals surface area contributed by atoms with E-state index in [4.69, 9.17) is 4.74 Å². The highest BCUT2D eigenvalue weighted by Gasteiger charge is 2.25. The number of para-hydroxylation sites is 2. The average molecular weight is 329 g/mol. The Kier molecular flexibility index (Phi) is 4.45. The van der Waals surface area contributed by atoms with Crippen molar-refractivity contribution in [3.05, 3.63) is 54.1 Å². The molecule has 0 saturated heterocycles. The molecule has 0 aliphatic carbocycles. The summed E-state index contributed by atoms with van der Waals surface area (Å²) < 4.78 is 18.4. The molecule has 5 nitrogen and oxygen atoms in total. The molecule has 0 fully saturated rings. The molecule has 0 aliphatic heterocycles. The molecule has 0 bridgehead atoms. The lowest BCUT2D eigenvalue weighted by atomic mass is 10.2. The Morgan fingerprint density at radius 3 is 2.65 bits per heavy atom. The molecule has 1 aromatic heterocycles. The Morgan fingerprint density at radius 2 is 1.96 bits per heavy atom. The van der Waals surface area contributed by atoms with E-state index in [2.05, 4.69) is 9.97 Å². The zero-order valence-corrected chi connectivity index (χ0v) is 14.1. The first-order chi connectivity index (χ1) is 11.1. The van der Waals surface area contributed by atoms with Gasteiger partial charge in [0.15, 0.2) is 5.16 Å². The molecule has 0 saturated carbocycles. The third kappa shape index (κ3) is 3.13. The fourth-order valence-electron chi connectivity index (χ4n) is 2.54. The standard InChI is InChI=1S/C17H19N3O2S/c1-20(2)16(12-7-6-8-13(11-12)22-3)23(21)17-18-14-9-4-5-10-15(14)19-17/h4-11,16H,1-3H3,(H,18,19). The van der Waals surface area contributed by atoms with Crippen LogP contribution in [-0.4, -0.2) is 40.3 Å². The fourth-order valence-corrected chi connectivity index (χ4v) is 3.93. The molecule has 1 N–H and O–H groups in total. The number of H-pyrrole nitrogens is 1. The molecule has 120 valence electrons. The zero-order chi connectivity index (χ0) is 16.4. The van der Waals surface area contributed by atoms with E-state index in [9.17, 15) is 4.21 Å². The SMILES string of the molecule is COc1cccc(C(N(C)C)S(=O)c2nc3ccccc3[nH]2)c1. The molecule has 2 atom stereocenters. The maximum Gasteiger partial charge on any atom is 0.199 e. The van der Waals surface area contributed by atoms with Crippen molar-refractivity contribution in [2.24, 2.45) is 0 Å². The van der Waals surface area contributed by atoms with Crippen molar-refractivity contribution in [1.82, 2.24) is 14.9 Å². The predicted molar refractivity (Wildman–Crippen MR) is 91.9 cm³/mol. The zero-order valence-electron chi connectivity index (χ0n) is 13.3. The lowest BCUT2D eigenvalue weighted by molar-refractivity contribution is 0.378. The van der Waals surface area contributed by atoms with E-state index in [-0.39, 0.29) is 5.37 Å². The van der Waals surface area contributed by atoms with Crippen molar-refractivity contribution in [2.75, 3.05) is 21.2 Å². The van der Waals surface area contributed by atoms with Crippen LogP contribution in [0.15, 0.2) is 53.7 Å². The lowest BCUT2D eigenvalue weighted by Crippen LogP contribution is -2.24. The quantitative estimate of drug-likeness (QED) is 0.782. The molecule has 23 heavy (non-hydrogen) atoms. The maximum atomic E-state index is 13.1. The Hall–Kier alpha value is -2.18. The van der Waals surface area contributed by atoms with Crippen molar-refractivity contribution < 1.29 is 8.95 Å². The summed E-state index contributed by atoms with van der Waals surface area (Å²) in [4.78, 5) is 9.56. The second-order valence-corrected chi connectivity index (χ2v) is 6.88. The van der Waals surface area contributed by atoms with Crippen LogP contribution in [0.25, 0.3) is 11.0 Å². The van der Waals surface area contributed by atoms with Crippen LogP contribution in [0.2, 0.25) is 0 Å². The normalized spacial score (nSPS) is 14.1. The molecule has 0 spiro atoms. The van der Waals surface area contributed by atoms with E-state index in [0.29, 0.717) is 5.16 Å². The summed E-state index contributed by atoms with van der Waals surface area (Å²) >= 11 is 0. The van der Waals surface area contributed by atoms with Gasteiger partial charge >= 0.3 is 0 Å². The average Bonchev–Trinajstić information content (AvgIpc) is 2.99. The number of fused-ring (bicyclic) bond motifs is 1. The molecule has 3 aromatic rings. The van der Waals surface area contributed by atoms with Crippen LogP contribution in [0.3, 0.4) is 0 Å². The van der Waals surface area contributed by atoms with Crippen molar-refractivity contribution >= 4 is 21.8 Å². The van der Waals surface area contributed by atoms with Crippen LogP contribution in [0, 0.1) is 0 Å². The van der Waals surface area contributed by atoms with Gasteiger partial charge in [0.05, 0.1) is 18.1 Å². The number of benzene rings is 2. The van der Waals surface area contributed by atoms with Gasteiger partial charge in [-0.05, 0) is 43.9 Å². The van der Waals surface area contributed by atoms with Crippen molar-refractivity contribution in [3.63, 3.8) is 0 Å². The highest BCUT2D eigenvalue weighted by molar-refractivity contribution is 7.85. The van der Waals surface area contributed by atoms with Crippen molar-refractivity contribution in [3.8, 4) is 5.75 Å². The number of ether oxygens (including phenoxy) is 1. The second-order valence-electron chi connectivity index (χ2n) is 5.45. The minimum atomic E-state index is -1.34. The summed E-state index contributed by atoms with van der Waals surface area (Å²) in [7, 11) is 4.10. The number of hydrogen-bond acceptors (Lipinski definition) is 4. The summed E-state index contributed by atoms with van der Waals surface area (Å²) in [6.07, 6.45) is 0. The number of hydrogen-bond donors (Lipinski definition) is 1. The maximum absolute atomic E-state index is 13.1. The number of nitrogens with one attached hydrogen (secondary N) is 1. The molecule has 1 heterocycles. The van der Waals surface area contributed by atoms with Gasteiger partial charge < -0.3 is 9.72 Å². The first kappa shape index (κ1) is 15.7. The van der Waals surface area contributed by atoms with Gasteiger partial charge in [-0.15, -0.1) is 0 Å². The van der Waals surface area contributed by atoms with Crippen LogP contribution in [-0.2, 0) is 10.8 Å². The minimum Gasteiger partial charge on any atom is -0.497 e. The monoisotopic (exact) mass is 329 g/mol. The highest BCUT2D eigenvalue weighted by Crippen LogP contribution is 2.29. The number of methoxy groups -OCH3 is 1. The molecule has 0 amide bonds. The van der Waals surface area contributed by atoms with Crippen LogP contribution in [0.1, 0.15) is 10.9 Å². The third-order valence-corrected chi connectivity index (χ3v) is 5.28. The largest absolute Gasteiger partial charge is 0.497 e. The van der Waals surface area contributed by atoms with E-state index in [1.54, 1.807) is 7.11 Å². The number of aromatic nitrogens is 2. The highest BCUT2D eigenvalue weighted by atomic mass is 32.2. The number of nitrogens with zero attached hydrogens (tertiary/aromatic N) is 2. The third-order valence-electron chi connectivity index (χ3n) is 3.61. The molecule has 0 aliphatic rings. The Bertz CT molecular complexity index is 811.